The van der Waals surface area contributed by atoms with E-state index in [0.29, 0.717) is 6.42 Å². The van der Waals surface area contributed by atoms with Crippen LogP contribution in [-0.4, -0.2) is 15.7 Å². The van der Waals surface area contributed by atoms with E-state index in [1.54, 1.807) is 0 Å². The van der Waals surface area contributed by atoms with Crippen molar-refractivity contribution in [3.63, 3.8) is 0 Å². The Morgan fingerprint density at radius 1 is 1.60 bits per heavy atom. The smallest absolute Gasteiger partial charge is 0.132 e. The molecule has 78 valence electrons. The SMILES string of the molecule is CCc1nc(Br)c2c(CC=O)cccn12. The molecule has 2 aromatic heterocycles. The maximum Gasteiger partial charge on any atom is 0.132 e. The van der Waals surface area contributed by atoms with Crippen molar-refractivity contribution in [3.05, 3.63) is 34.3 Å². The molecule has 2 rings (SSSR count). The number of aryl methyl sites for hydroxylation is 1. The summed E-state index contributed by atoms with van der Waals surface area (Å²) >= 11 is 3.43. The maximum atomic E-state index is 10.6. The van der Waals surface area contributed by atoms with Crippen molar-refractivity contribution in [2.45, 2.75) is 19.8 Å². The number of aldehydes is 1. The maximum absolute atomic E-state index is 10.6. The van der Waals surface area contributed by atoms with Gasteiger partial charge in [0, 0.05) is 19.0 Å². The van der Waals surface area contributed by atoms with Crippen LogP contribution < -0.4 is 0 Å². The van der Waals surface area contributed by atoms with Crippen LogP contribution in [0, 0.1) is 0 Å². The van der Waals surface area contributed by atoms with Gasteiger partial charge < -0.3 is 9.20 Å². The van der Waals surface area contributed by atoms with Gasteiger partial charge in [-0.3, -0.25) is 0 Å². The largest absolute Gasteiger partial charge is 0.303 e. The van der Waals surface area contributed by atoms with E-state index in [1.165, 1.54) is 0 Å². The Kier molecular flexibility index (Phi) is 2.86. The van der Waals surface area contributed by atoms with Gasteiger partial charge >= 0.3 is 0 Å². The minimum absolute atomic E-state index is 0.428. The first-order chi connectivity index (χ1) is 7.27. The highest BCUT2D eigenvalue weighted by molar-refractivity contribution is 9.10. The number of carbonyl (C=O) groups is 1. The highest BCUT2D eigenvalue weighted by Crippen LogP contribution is 2.23. The van der Waals surface area contributed by atoms with Crippen molar-refractivity contribution in [1.82, 2.24) is 9.38 Å². The quantitative estimate of drug-likeness (QED) is 0.800. The van der Waals surface area contributed by atoms with Gasteiger partial charge in [0.25, 0.3) is 0 Å². The summed E-state index contributed by atoms with van der Waals surface area (Å²) in [6.45, 7) is 2.06. The monoisotopic (exact) mass is 266 g/mol. The Morgan fingerprint density at radius 3 is 3.07 bits per heavy atom. The van der Waals surface area contributed by atoms with Gasteiger partial charge in [-0.15, -0.1) is 0 Å². The van der Waals surface area contributed by atoms with E-state index in [-0.39, 0.29) is 0 Å². The van der Waals surface area contributed by atoms with Gasteiger partial charge in [-0.25, -0.2) is 4.98 Å². The number of halogens is 1. The zero-order valence-corrected chi connectivity index (χ0v) is 9.99. The molecule has 0 aromatic carbocycles. The lowest BCUT2D eigenvalue weighted by Crippen LogP contribution is -1.95. The Labute approximate surface area is 96.3 Å². The summed E-state index contributed by atoms with van der Waals surface area (Å²) in [5.74, 6) is 1.00. The van der Waals surface area contributed by atoms with Gasteiger partial charge in [0.2, 0.25) is 0 Å². The predicted octanol–water partition coefficient (Wildman–Crippen LogP) is 2.40. The van der Waals surface area contributed by atoms with Gasteiger partial charge in [-0.2, -0.15) is 0 Å². The van der Waals surface area contributed by atoms with Crippen molar-refractivity contribution in [1.29, 1.82) is 0 Å². The van der Waals surface area contributed by atoms with E-state index in [0.717, 1.165) is 34.2 Å². The lowest BCUT2D eigenvalue weighted by molar-refractivity contribution is -0.107. The number of imidazole rings is 1. The molecule has 0 spiro atoms. The zero-order valence-electron chi connectivity index (χ0n) is 8.40. The first-order valence-corrected chi connectivity index (χ1v) is 5.65. The predicted molar refractivity (Wildman–Crippen MR) is 62.0 cm³/mol. The summed E-state index contributed by atoms with van der Waals surface area (Å²) in [4.78, 5) is 15.0. The van der Waals surface area contributed by atoms with Crippen LogP contribution in [0.25, 0.3) is 5.52 Å². The molecule has 0 saturated heterocycles. The lowest BCUT2D eigenvalue weighted by atomic mass is 10.2. The van der Waals surface area contributed by atoms with Gasteiger partial charge in [0.15, 0.2) is 0 Å². The fourth-order valence-electron chi connectivity index (χ4n) is 1.72. The topological polar surface area (TPSA) is 34.4 Å². The zero-order chi connectivity index (χ0) is 10.8. The molecule has 0 bridgehead atoms. The van der Waals surface area contributed by atoms with Crippen LogP contribution in [0.15, 0.2) is 22.9 Å². The molecule has 3 nitrogen and oxygen atoms in total. The van der Waals surface area contributed by atoms with E-state index >= 15 is 0 Å². The van der Waals surface area contributed by atoms with E-state index < -0.39 is 0 Å². The normalized spacial score (nSPS) is 10.8. The number of hydrogen-bond acceptors (Lipinski definition) is 2. The molecule has 0 N–H and O–H groups in total. The molecule has 4 heteroatoms. The second kappa shape index (κ2) is 4.14. The minimum atomic E-state index is 0.428. The van der Waals surface area contributed by atoms with Crippen LogP contribution in [-0.2, 0) is 17.6 Å². The fourth-order valence-corrected chi connectivity index (χ4v) is 2.37. The molecule has 0 unspecified atom stereocenters. The van der Waals surface area contributed by atoms with E-state index in [9.17, 15) is 4.79 Å². The van der Waals surface area contributed by atoms with E-state index in [1.807, 2.05) is 22.7 Å². The Bertz CT molecular complexity index is 505. The van der Waals surface area contributed by atoms with E-state index in [4.69, 9.17) is 0 Å². The lowest BCUT2D eigenvalue weighted by Gasteiger charge is -2.01. The standard InChI is InChI=1S/C11H11BrN2O/c1-2-9-13-11(12)10-8(5-7-15)4-3-6-14(9)10/h3-4,6-7H,2,5H2,1H3. The molecule has 15 heavy (non-hydrogen) atoms. The van der Waals surface area contributed by atoms with Crippen molar-refractivity contribution in [2.75, 3.05) is 0 Å². The summed E-state index contributed by atoms with van der Waals surface area (Å²) < 4.78 is 2.85. The summed E-state index contributed by atoms with van der Waals surface area (Å²) in [5.41, 5.74) is 2.01. The number of carbonyl (C=O) groups excluding carboxylic acids is 1. The van der Waals surface area contributed by atoms with Crippen molar-refractivity contribution < 1.29 is 4.79 Å². The third-order valence-electron chi connectivity index (χ3n) is 2.40. The van der Waals surface area contributed by atoms with Crippen molar-refractivity contribution >= 4 is 27.7 Å². The average Bonchev–Trinajstić information content (AvgIpc) is 2.57. The summed E-state index contributed by atoms with van der Waals surface area (Å²) in [5, 5.41) is 0. The molecule has 0 aliphatic rings. The second-order valence-electron chi connectivity index (χ2n) is 3.30. The summed E-state index contributed by atoms with van der Waals surface area (Å²) in [6.07, 6.45) is 4.19. The van der Waals surface area contributed by atoms with Crippen LogP contribution in [0.5, 0.6) is 0 Å². The second-order valence-corrected chi connectivity index (χ2v) is 4.05. The number of rotatable bonds is 3. The number of hydrogen-bond donors (Lipinski definition) is 0. The molecular formula is C11H11BrN2O. The fraction of sp³-hybridized carbons (Fsp3) is 0.273. The van der Waals surface area contributed by atoms with Crippen LogP contribution >= 0.6 is 15.9 Å². The Balaban J connectivity index is 2.73. The van der Waals surface area contributed by atoms with Gasteiger partial charge in [-0.05, 0) is 27.6 Å². The Hall–Kier alpha value is -1.16. The molecule has 0 fully saturated rings. The number of fused-ring (bicyclic) bond motifs is 1. The van der Waals surface area contributed by atoms with Gasteiger partial charge in [0.05, 0.1) is 5.52 Å². The minimum Gasteiger partial charge on any atom is -0.303 e. The highest BCUT2D eigenvalue weighted by atomic mass is 79.9. The van der Waals surface area contributed by atoms with Crippen molar-refractivity contribution in [3.8, 4) is 0 Å². The molecule has 2 aromatic rings. The number of aromatic nitrogens is 2. The number of pyridine rings is 1. The first kappa shape index (κ1) is 10.4. The molecule has 0 aliphatic heterocycles. The van der Waals surface area contributed by atoms with Crippen LogP contribution in [0.3, 0.4) is 0 Å². The molecular weight excluding hydrogens is 256 g/mol. The third-order valence-corrected chi connectivity index (χ3v) is 2.95. The average molecular weight is 267 g/mol. The molecule has 0 aliphatic carbocycles. The van der Waals surface area contributed by atoms with Crippen LogP contribution in [0.2, 0.25) is 0 Å². The molecule has 0 saturated carbocycles. The molecule has 0 radical (unpaired) electrons. The van der Waals surface area contributed by atoms with Crippen LogP contribution in [0.4, 0.5) is 0 Å². The summed E-state index contributed by atoms with van der Waals surface area (Å²) in [6, 6.07) is 3.90. The number of nitrogens with zero attached hydrogens (tertiary/aromatic N) is 2. The summed E-state index contributed by atoms with van der Waals surface area (Å²) in [7, 11) is 0. The van der Waals surface area contributed by atoms with Gasteiger partial charge in [-0.1, -0.05) is 13.0 Å². The molecule has 0 amide bonds. The third kappa shape index (κ3) is 1.69. The van der Waals surface area contributed by atoms with E-state index in [2.05, 4.69) is 27.8 Å². The van der Waals surface area contributed by atoms with Crippen molar-refractivity contribution in [2.24, 2.45) is 0 Å². The molecule has 0 atom stereocenters. The first-order valence-electron chi connectivity index (χ1n) is 4.86. The van der Waals surface area contributed by atoms with Gasteiger partial charge in [0.1, 0.15) is 16.7 Å². The molecule has 2 heterocycles. The van der Waals surface area contributed by atoms with Crippen LogP contribution in [0.1, 0.15) is 18.3 Å². The highest BCUT2D eigenvalue weighted by Gasteiger charge is 2.10. The Morgan fingerprint density at radius 2 is 2.40 bits per heavy atom.